The predicted molar refractivity (Wildman–Crippen MR) is 111 cm³/mol. The van der Waals surface area contributed by atoms with E-state index in [-0.39, 0.29) is 12.5 Å². The van der Waals surface area contributed by atoms with E-state index in [9.17, 15) is 4.79 Å². The number of carbonyl (C=O) groups excluding carboxylic acids is 1. The normalized spacial score (nSPS) is 13.9. The van der Waals surface area contributed by atoms with E-state index in [0.29, 0.717) is 13.2 Å². The lowest BCUT2D eigenvalue weighted by Crippen LogP contribution is -2.34. The van der Waals surface area contributed by atoms with Crippen molar-refractivity contribution < 1.29 is 9.53 Å². The molecular formula is C22H29N3O2. The summed E-state index contributed by atoms with van der Waals surface area (Å²) in [7, 11) is 0. The first-order valence-corrected chi connectivity index (χ1v) is 9.76. The molecule has 2 aromatic rings. The van der Waals surface area contributed by atoms with Crippen LogP contribution in [0, 0.1) is 6.92 Å². The molecule has 5 heteroatoms. The van der Waals surface area contributed by atoms with Crippen LogP contribution in [0.4, 0.5) is 11.4 Å². The summed E-state index contributed by atoms with van der Waals surface area (Å²) in [5.41, 5.74) is 3.37. The van der Waals surface area contributed by atoms with Gasteiger partial charge in [-0.05, 0) is 56.0 Å². The standard InChI is InChI=1S/C22H29N3O2/c1-18-8-7-9-19(16-18)27-15-12-23-22(26)17-24-20-10-3-4-11-21(20)25-13-5-2-6-14-25/h3-4,7-11,16,24H,2,5-6,12-15,17H2,1H3,(H,23,26). The minimum absolute atomic E-state index is 0.0312. The Hall–Kier alpha value is -2.69. The van der Waals surface area contributed by atoms with E-state index in [0.717, 1.165) is 30.1 Å². The Kier molecular flexibility index (Phi) is 6.97. The first kappa shape index (κ1) is 19.1. The fourth-order valence-electron chi connectivity index (χ4n) is 3.34. The summed E-state index contributed by atoms with van der Waals surface area (Å²) in [6, 6.07) is 16.1. The number of rotatable bonds is 8. The summed E-state index contributed by atoms with van der Waals surface area (Å²) in [5, 5.41) is 6.18. The first-order valence-electron chi connectivity index (χ1n) is 9.76. The number of carbonyl (C=O) groups is 1. The highest BCUT2D eigenvalue weighted by molar-refractivity contribution is 5.82. The molecule has 144 valence electrons. The van der Waals surface area contributed by atoms with E-state index in [1.165, 1.54) is 24.9 Å². The molecule has 0 spiro atoms. The van der Waals surface area contributed by atoms with Crippen molar-refractivity contribution in [1.29, 1.82) is 0 Å². The molecule has 0 atom stereocenters. The van der Waals surface area contributed by atoms with Gasteiger partial charge in [0.2, 0.25) is 5.91 Å². The Morgan fingerprint density at radius 1 is 1.07 bits per heavy atom. The number of amides is 1. The Morgan fingerprint density at radius 2 is 1.89 bits per heavy atom. The zero-order chi connectivity index (χ0) is 18.9. The molecule has 2 N–H and O–H groups in total. The summed E-state index contributed by atoms with van der Waals surface area (Å²) < 4.78 is 5.66. The number of para-hydroxylation sites is 2. The molecular weight excluding hydrogens is 338 g/mol. The maximum Gasteiger partial charge on any atom is 0.239 e. The summed E-state index contributed by atoms with van der Waals surface area (Å²) in [5.74, 6) is 0.800. The second-order valence-corrected chi connectivity index (χ2v) is 6.93. The van der Waals surface area contributed by atoms with Crippen LogP contribution in [0.25, 0.3) is 0 Å². The van der Waals surface area contributed by atoms with E-state index < -0.39 is 0 Å². The van der Waals surface area contributed by atoms with Crippen LogP contribution in [0.5, 0.6) is 5.75 Å². The van der Waals surface area contributed by atoms with E-state index in [4.69, 9.17) is 4.74 Å². The summed E-state index contributed by atoms with van der Waals surface area (Å²) in [6.45, 7) is 5.40. The lowest BCUT2D eigenvalue weighted by atomic mass is 10.1. The quantitative estimate of drug-likeness (QED) is 0.700. The SMILES string of the molecule is Cc1cccc(OCCNC(=O)CNc2ccccc2N2CCCCC2)c1. The summed E-state index contributed by atoms with van der Waals surface area (Å²) >= 11 is 0. The van der Waals surface area contributed by atoms with Crippen molar-refractivity contribution in [3.63, 3.8) is 0 Å². The number of hydrogen-bond acceptors (Lipinski definition) is 4. The van der Waals surface area contributed by atoms with Gasteiger partial charge in [-0.1, -0.05) is 24.3 Å². The van der Waals surface area contributed by atoms with Crippen LogP contribution in [-0.2, 0) is 4.79 Å². The van der Waals surface area contributed by atoms with Crippen LogP contribution < -0.4 is 20.3 Å². The van der Waals surface area contributed by atoms with Crippen molar-refractivity contribution in [3.05, 3.63) is 54.1 Å². The molecule has 1 fully saturated rings. The van der Waals surface area contributed by atoms with Gasteiger partial charge in [-0.3, -0.25) is 4.79 Å². The number of nitrogens with one attached hydrogen (secondary N) is 2. The van der Waals surface area contributed by atoms with Gasteiger partial charge in [0.25, 0.3) is 0 Å². The minimum Gasteiger partial charge on any atom is -0.492 e. The third kappa shape index (κ3) is 5.91. The van der Waals surface area contributed by atoms with Crippen molar-refractivity contribution >= 4 is 17.3 Å². The third-order valence-corrected chi connectivity index (χ3v) is 4.72. The molecule has 1 aliphatic heterocycles. The van der Waals surface area contributed by atoms with Gasteiger partial charge in [-0.15, -0.1) is 0 Å². The number of ether oxygens (including phenoxy) is 1. The van der Waals surface area contributed by atoms with E-state index in [1.807, 2.05) is 43.3 Å². The fourth-order valence-corrected chi connectivity index (χ4v) is 3.34. The van der Waals surface area contributed by atoms with Crippen LogP contribution in [-0.4, -0.2) is 38.7 Å². The molecule has 1 amide bonds. The van der Waals surface area contributed by atoms with Crippen molar-refractivity contribution in [2.45, 2.75) is 26.2 Å². The molecule has 0 bridgehead atoms. The Balaban J connectivity index is 1.41. The average molecular weight is 367 g/mol. The van der Waals surface area contributed by atoms with Gasteiger partial charge in [-0.25, -0.2) is 0 Å². The second-order valence-electron chi connectivity index (χ2n) is 6.93. The number of hydrogen-bond donors (Lipinski definition) is 2. The molecule has 0 aromatic heterocycles. The Labute approximate surface area is 161 Å². The second kappa shape index (κ2) is 9.86. The zero-order valence-electron chi connectivity index (χ0n) is 16.0. The maximum atomic E-state index is 12.1. The Morgan fingerprint density at radius 3 is 2.70 bits per heavy atom. The van der Waals surface area contributed by atoms with Crippen molar-refractivity contribution in [3.8, 4) is 5.75 Å². The highest BCUT2D eigenvalue weighted by Gasteiger charge is 2.14. The lowest BCUT2D eigenvalue weighted by Gasteiger charge is -2.30. The number of piperidine rings is 1. The molecule has 27 heavy (non-hydrogen) atoms. The molecule has 1 saturated heterocycles. The number of nitrogens with zero attached hydrogens (tertiary/aromatic N) is 1. The van der Waals surface area contributed by atoms with Crippen LogP contribution in [0.3, 0.4) is 0 Å². The van der Waals surface area contributed by atoms with Gasteiger partial charge in [0.1, 0.15) is 12.4 Å². The smallest absolute Gasteiger partial charge is 0.239 e. The van der Waals surface area contributed by atoms with Gasteiger partial charge in [0, 0.05) is 13.1 Å². The van der Waals surface area contributed by atoms with Crippen LogP contribution in [0.1, 0.15) is 24.8 Å². The molecule has 0 radical (unpaired) electrons. The van der Waals surface area contributed by atoms with Gasteiger partial charge < -0.3 is 20.3 Å². The number of anilines is 2. The molecule has 0 saturated carbocycles. The largest absolute Gasteiger partial charge is 0.492 e. The lowest BCUT2D eigenvalue weighted by molar-refractivity contribution is -0.119. The highest BCUT2D eigenvalue weighted by Crippen LogP contribution is 2.27. The van der Waals surface area contributed by atoms with Gasteiger partial charge >= 0.3 is 0 Å². The molecule has 5 nitrogen and oxygen atoms in total. The molecule has 2 aromatic carbocycles. The summed E-state index contributed by atoms with van der Waals surface area (Å²) in [6.07, 6.45) is 3.77. The fraction of sp³-hybridized carbons (Fsp3) is 0.409. The van der Waals surface area contributed by atoms with Crippen molar-refractivity contribution in [1.82, 2.24) is 5.32 Å². The molecule has 3 rings (SSSR count). The molecule has 1 aliphatic rings. The topological polar surface area (TPSA) is 53.6 Å². The molecule has 1 heterocycles. The van der Waals surface area contributed by atoms with Gasteiger partial charge in [0.15, 0.2) is 0 Å². The first-order chi connectivity index (χ1) is 13.2. The number of aryl methyl sites for hydroxylation is 1. The van der Waals surface area contributed by atoms with Crippen LogP contribution in [0.15, 0.2) is 48.5 Å². The summed E-state index contributed by atoms with van der Waals surface area (Å²) in [4.78, 5) is 14.5. The average Bonchev–Trinajstić information content (AvgIpc) is 2.71. The van der Waals surface area contributed by atoms with E-state index in [1.54, 1.807) is 0 Å². The molecule has 0 aliphatic carbocycles. The monoisotopic (exact) mass is 367 g/mol. The van der Waals surface area contributed by atoms with E-state index in [2.05, 4.69) is 27.7 Å². The maximum absolute atomic E-state index is 12.1. The van der Waals surface area contributed by atoms with Crippen LogP contribution >= 0.6 is 0 Å². The highest BCUT2D eigenvalue weighted by atomic mass is 16.5. The van der Waals surface area contributed by atoms with Crippen molar-refractivity contribution in [2.75, 3.05) is 43.0 Å². The Bertz CT molecular complexity index is 742. The minimum atomic E-state index is -0.0312. The molecule has 0 unspecified atom stereocenters. The number of benzene rings is 2. The van der Waals surface area contributed by atoms with Crippen LogP contribution in [0.2, 0.25) is 0 Å². The van der Waals surface area contributed by atoms with E-state index >= 15 is 0 Å². The zero-order valence-corrected chi connectivity index (χ0v) is 16.0. The van der Waals surface area contributed by atoms with Gasteiger partial charge in [0.05, 0.1) is 24.5 Å². The van der Waals surface area contributed by atoms with Crippen molar-refractivity contribution in [2.24, 2.45) is 0 Å². The predicted octanol–water partition coefficient (Wildman–Crippen LogP) is 3.59. The van der Waals surface area contributed by atoms with Gasteiger partial charge in [-0.2, -0.15) is 0 Å². The third-order valence-electron chi connectivity index (χ3n) is 4.72.